The molecule has 1 amide bonds. The van der Waals surface area contributed by atoms with Gasteiger partial charge in [0.2, 0.25) is 0 Å². The molecule has 0 aliphatic carbocycles. The van der Waals surface area contributed by atoms with Gasteiger partial charge in [0.05, 0.1) is 13.2 Å². The molecule has 0 atom stereocenters. The third kappa shape index (κ3) is 3.15. The lowest BCUT2D eigenvalue weighted by Gasteiger charge is -2.26. The van der Waals surface area contributed by atoms with Crippen LogP contribution in [-0.4, -0.2) is 49.3 Å². The fourth-order valence-corrected chi connectivity index (χ4v) is 1.58. The summed E-state index contributed by atoms with van der Waals surface area (Å²) in [6.07, 6.45) is 0. The number of hydrogen-bond donors (Lipinski definition) is 2. The first-order valence-corrected chi connectivity index (χ1v) is 5.58. The highest BCUT2D eigenvalue weighted by atomic mass is 16.5. The fourth-order valence-electron chi connectivity index (χ4n) is 1.58. The minimum atomic E-state index is -0.191. The van der Waals surface area contributed by atoms with Crippen molar-refractivity contribution in [2.75, 3.05) is 38.7 Å². The maximum atomic E-state index is 11.9. The summed E-state index contributed by atoms with van der Waals surface area (Å²) in [5.74, 6) is 0.489. The normalized spacial score (nSPS) is 16.5. The number of morpholine rings is 1. The molecule has 92 valence electrons. The van der Waals surface area contributed by atoms with Crippen LogP contribution < -0.4 is 10.7 Å². The topological polar surface area (TPSA) is 66.5 Å². The Hall–Kier alpha value is -1.66. The maximum Gasteiger partial charge on any atom is 0.284 e. The predicted molar refractivity (Wildman–Crippen MR) is 63.6 cm³/mol. The van der Waals surface area contributed by atoms with E-state index in [2.05, 4.69) is 15.7 Å². The first-order chi connectivity index (χ1) is 8.29. The van der Waals surface area contributed by atoms with Crippen molar-refractivity contribution in [3.63, 3.8) is 0 Å². The van der Waals surface area contributed by atoms with Crippen molar-refractivity contribution < 1.29 is 9.53 Å². The average Bonchev–Trinajstić information content (AvgIpc) is 2.40. The number of hydrogen-bond acceptors (Lipinski definition) is 5. The summed E-state index contributed by atoms with van der Waals surface area (Å²) < 4.78 is 5.20. The highest BCUT2D eigenvalue weighted by Gasteiger charge is 2.15. The molecule has 1 saturated heterocycles. The Kier molecular flexibility index (Phi) is 3.89. The number of carbonyl (C=O) groups excluding carboxylic acids is 1. The van der Waals surface area contributed by atoms with Crippen LogP contribution >= 0.6 is 0 Å². The van der Waals surface area contributed by atoms with Crippen molar-refractivity contribution in [1.29, 1.82) is 0 Å². The molecule has 2 N–H and O–H groups in total. The van der Waals surface area contributed by atoms with Gasteiger partial charge in [0, 0.05) is 20.1 Å². The predicted octanol–water partition coefficient (Wildman–Crippen LogP) is 0.100. The molecular weight excluding hydrogens is 220 g/mol. The first-order valence-electron chi connectivity index (χ1n) is 5.58. The summed E-state index contributed by atoms with van der Waals surface area (Å²) in [5, 5.41) is 4.75. The highest BCUT2D eigenvalue weighted by Crippen LogP contribution is 2.04. The van der Waals surface area contributed by atoms with Crippen LogP contribution in [0.1, 0.15) is 10.5 Å². The molecule has 1 aromatic rings. The molecule has 1 aliphatic heterocycles. The van der Waals surface area contributed by atoms with Crippen molar-refractivity contribution in [2.45, 2.75) is 0 Å². The molecule has 1 aliphatic rings. The van der Waals surface area contributed by atoms with Crippen molar-refractivity contribution in [2.24, 2.45) is 0 Å². The summed E-state index contributed by atoms with van der Waals surface area (Å²) >= 11 is 0. The highest BCUT2D eigenvalue weighted by molar-refractivity contribution is 5.92. The van der Waals surface area contributed by atoms with Gasteiger partial charge in [0.15, 0.2) is 0 Å². The molecule has 0 bridgehead atoms. The Morgan fingerprint density at radius 1 is 1.41 bits per heavy atom. The smallest absolute Gasteiger partial charge is 0.284 e. The van der Waals surface area contributed by atoms with Gasteiger partial charge < -0.3 is 10.1 Å². The minimum absolute atomic E-state index is 0.191. The van der Waals surface area contributed by atoms with Crippen molar-refractivity contribution in [3.05, 3.63) is 23.9 Å². The molecule has 17 heavy (non-hydrogen) atoms. The number of pyridine rings is 1. The van der Waals surface area contributed by atoms with Crippen LogP contribution in [0.2, 0.25) is 0 Å². The Bertz CT molecular complexity index is 391. The average molecular weight is 236 g/mol. The zero-order valence-corrected chi connectivity index (χ0v) is 9.77. The lowest BCUT2D eigenvalue weighted by Crippen LogP contribution is -2.48. The van der Waals surface area contributed by atoms with Crippen LogP contribution in [0.3, 0.4) is 0 Å². The quantitative estimate of drug-likeness (QED) is 0.779. The zero-order chi connectivity index (χ0) is 12.1. The van der Waals surface area contributed by atoms with E-state index < -0.39 is 0 Å². The molecule has 6 nitrogen and oxygen atoms in total. The van der Waals surface area contributed by atoms with E-state index in [4.69, 9.17) is 4.74 Å². The van der Waals surface area contributed by atoms with Gasteiger partial charge in [0.25, 0.3) is 5.91 Å². The molecule has 1 fully saturated rings. The number of amides is 1. The van der Waals surface area contributed by atoms with Crippen LogP contribution in [0.5, 0.6) is 0 Å². The molecule has 2 heterocycles. The largest absolute Gasteiger partial charge is 0.379 e. The number of aromatic nitrogens is 1. The Morgan fingerprint density at radius 3 is 2.88 bits per heavy atom. The third-order valence-electron chi connectivity index (χ3n) is 2.51. The van der Waals surface area contributed by atoms with Crippen LogP contribution in [0.4, 0.5) is 5.82 Å². The zero-order valence-electron chi connectivity index (χ0n) is 9.77. The van der Waals surface area contributed by atoms with Gasteiger partial charge in [-0.05, 0) is 12.1 Å². The van der Waals surface area contributed by atoms with E-state index in [0.717, 1.165) is 0 Å². The number of nitrogens with zero attached hydrogens (tertiary/aromatic N) is 2. The molecule has 6 heteroatoms. The van der Waals surface area contributed by atoms with E-state index in [1.54, 1.807) is 19.2 Å². The fraction of sp³-hybridized carbons (Fsp3) is 0.455. The molecule has 0 saturated carbocycles. The summed E-state index contributed by atoms with van der Waals surface area (Å²) in [4.78, 5) is 16.1. The SMILES string of the molecule is CNc1cccc(C(=O)NN2CCOCC2)n1. The monoisotopic (exact) mass is 236 g/mol. The number of ether oxygens (including phenoxy) is 1. The van der Waals surface area contributed by atoms with Gasteiger partial charge in [-0.1, -0.05) is 6.07 Å². The van der Waals surface area contributed by atoms with Gasteiger partial charge in [-0.15, -0.1) is 0 Å². The van der Waals surface area contributed by atoms with Crippen LogP contribution in [0, 0.1) is 0 Å². The number of nitrogens with one attached hydrogen (secondary N) is 2. The minimum Gasteiger partial charge on any atom is -0.379 e. The second-order valence-corrected chi connectivity index (χ2v) is 3.70. The van der Waals surface area contributed by atoms with Gasteiger partial charge in [-0.2, -0.15) is 0 Å². The summed E-state index contributed by atoms with van der Waals surface area (Å²) in [6, 6.07) is 5.30. The van der Waals surface area contributed by atoms with E-state index in [0.29, 0.717) is 37.8 Å². The first kappa shape index (κ1) is 11.8. The lowest BCUT2D eigenvalue weighted by atomic mass is 10.3. The Labute approximate surface area is 99.9 Å². The second kappa shape index (κ2) is 5.60. The van der Waals surface area contributed by atoms with Crippen molar-refractivity contribution in [1.82, 2.24) is 15.4 Å². The number of anilines is 1. The van der Waals surface area contributed by atoms with E-state index in [-0.39, 0.29) is 5.91 Å². The molecule has 0 aromatic carbocycles. The van der Waals surface area contributed by atoms with E-state index in [1.807, 2.05) is 11.1 Å². The van der Waals surface area contributed by atoms with E-state index in [1.165, 1.54) is 0 Å². The standard InChI is InChI=1S/C11H16N4O2/c1-12-10-4-2-3-9(13-10)11(16)14-15-5-7-17-8-6-15/h2-4H,5-8H2,1H3,(H,12,13)(H,14,16). The van der Waals surface area contributed by atoms with Crippen LogP contribution in [0.15, 0.2) is 18.2 Å². The van der Waals surface area contributed by atoms with Gasteiger partial charge >= 0.3 is 0 Å². The molecule has 0 unspecified atom stereocenters. The summed E-state index contributed by atoms with van der Waals surface area (Å²) in [5.41, 5.74) is 3.22. The van der Waals surface area contributed by atoms with Gasteiger partial charge in [0.1, 0.15) is 11.5 Å². The number of rotatable bonds is 3. The Morgan fingerprint density at radius 2 is 2.18 bits per heavy atom. The molecule has 1 aromatic heterocycles. The number of carbonyl (C=O) groups is 1. The van der Waals surface area contributed by atoms with Gasteiger partial charge in [-0.25, -0.2) is 9.99 Å². The maximum absolute atomic E-state index is 11.9. The summed E-state index contributed by atoms with van der Waals surface area (Å²) in [6.45, 7) is 2.70. The van der Waals surface area contributed by atoms with Gasteiger partial charge in [-0.3, -0.25) is 10.2 Å². The lowest BCUT2D eigenvalue weighted by molar-refractivity contribution is 0.0124. The van der Waals surface area contributed by atoms with Crippen LogP contribution in [0.25, 0.3) is 0 Å². The number of hydrazine groups is 1. The third-order valence-corrected chi connectivity index (χ3v) is 2.51. The Balaban J connectivity index is 1.98. The molecule has 0 radical (unpaired) electrons. The summed E-state index contributed by atoms with van der Waals surface area (Å²) in [7, 11) is 1.77. The van der Waals surface area contributed by atoms with Crippen molar-refractivity contribution in [3.8, 4) is 0 Å². The van der Waals surface area contributed by atoms with E-state index >= 15 is 0 Å². The molecular formula is C11H16N4O2. The van der Waals surface area contributed by atoms with Crippen LogP contribution in [-0.2, 0) is 4.74 Å². The second-order valence-electron chi connectivity index (χ2n) is 3.70. The molecule has 2 rings (SSSR count). The molecule has 0 spiro atoms. The van der Waals surface area contributed by atoms with Crippen molar-refractivity contribution >= 4 is 11.7 Å². The van der Waals surface area contributed by atoms with E-state index in [9.17, 15) is 4.79 Å².